The first-order chi connectivity index (χ1) is 11.5. The minimum absolute atomic E-state index is 0.101. The van der Waals surface area contributed by atoms with Crippen LogP contribution in [0.3, 0.4) is 0 Å². The molecule has 1 heterocycles. The number of imidazole rings is 1. The fourth-order valence-electron chi connectivity index (χ4n) is 1.48. The van der Waals surface area contributed by atoms with Crippen molar-refractivity contribution >= 4 is 11.6 Å². The Hall–Kier alpha value is -3.97. The molecule has 13 nitrogen and oxygen atoms in total. The molecule has 0 saturated heterocycles. The lowest BCUT2D eigenvalue weighted by Gasteiger charge is -2.04. The Balaban J connectivity index is 0.000000609. The number of nitrogens with two attached hydrogens (primary N) is 2. The third kappa shape index (κ3) is 9.61. The molecule has 0 aliphatic carbocycles. The molecule has 2 aromatic rings. The van der Waals surface area contributed by atoms with Crippen molar-refractivity contribution in [3.63, 3.8) is 0 Å². The van der Waals surface area contributed by atoms with Crippen molar-refractivity contribution in [1.29, 1.82) is 0 Å². The zero-order chi connectivity index (χ0) is 19.6. The van der Waals surface area contributed by atoms with Crippen LogP contribution in [0.5, 0.6) is 0 Å². The molecule has 0 unspecified atom stereocenters. The summed E-state index contributed by atoms with van der Waals surface area (Å²) in [5, 5.41) is 27.3. The Morgan fingerprint density at radius 2 is 1.80 bits per heavy atom. The molecule has 0 saturated carbocycles. The summed E-state index contributed by atoms with van der Waals surface area (Å²) in [7, 11) is 0. The quantitative estimate of drug-likeness (QED) is 0.254. The summed E-state index contributed by atoms with van der Waals surface area (Å²) in [5.41, 5.74) is 12.0. The lowest BCUT2D eigenvalue weighted by molar-refractivity contribution is -0.742. The van der Waals surface area contributed by atoms with Crippen molar-refractivity contribution in [2.75, 3.05) is 0 Å². The Morgan fingerprint density at radius 1 is 1.28 bits per heavy atom. The van der Waals surface area contributed by atoms with E-state index < -0.39 is 16.0 Å². The van der Waals surface area contributed by atoms with E-state index in [4.69, 9.17) is 42.1 Å². The highest BCUT2D eigenvalue weighted by atomic mass is 19.1. The van der Waals surface area contributed by atoms with E-state index in [9.17, 15) is 4.39 Å². The van der Waals surface area contributed by atoms with Gasteiger partial charge in [0.1, 0.15) is 5.82 Å². The number of rotatable bonds is 2. The van der Waals surface area contributed by atoms with Crippen LogP contribution in [0.4, 0.5) is 10.1 Å². The number of aryl methyl sites for hydroxylation is 1. The zero-order valence-corrected chi connectivity index (χ0v) is 12.7. The van der Waals surface area contributed by atoms with Crippen LogP contribution in [0.25, 0.3) is 5.69 Å². The fraction of sp³-hybridized carbons (Fsp3) is 0.0909. The van der Waals surface area contributed by atoms with Gasteiger partial charge >= 0.3 is 0 Å². The highest BCUT2D eigenvalue weighted by molar-refractivity contribution is 5.79. The maximum absolute atomic E-state index is 13.8. The van der Waals surface area contributed by atoms with E-state index in [1.807, 2.05) is 6.92 Å². The number of hydrogen-bond donors (Lipinski definition) is 4. The van der Waals surface area contributed by atoms with E-state index in [0.29, 0.717) is 11.4 Å². The van der Waals surface area contributed by atoms with Gasteiger partial charge in [0.2, 0.25) is 0 Å². The van der Waals surface area contributed by atoms with Crippen LogP contribution in [-0.4, -0.2) is 36.1 Å². The molecule has 25 heavy (non-hydrogen) atoms. The van der Waals surface area contributed by atoms with Crippen LogP contribution in [0.15, 0.2) is 35.7 Å². The first kappa shape index (κ1) is 21.0. The van der Waals surface area contributed by atoms with Gasteiger partial charge in [0.15, 0.2) is 5.96 Å². The first-order valence-electron chi connectivity index (χ1n) is 6.09. The third-order valence-electron chi connectivity index (χ3n) is 2.18. The molecule has 0 radical (unpaired) electrons. The zero-order valence-electron chi connectivity index (χ0n) is 12.7. The molecular formula is C11H14FN7O6. The van der Waals surface area contributed by atoms with Crippen LogP contribution >= 0.6 is 0 Å². The number of hydrogen-bond acceptors (Lipinski definition) is 6. The predicted octanol–water partition coefficient (Wildman–Crippen LogP) is 0.529. The molecule has 0 aliphatic heterocycles. The molecule has 6 N–H and O–H groups in total. The van der Waals surface area contributed by atoms with E-state index >= 15 is 0 Å². The average Bonchev–Trinajstić information content (AvgIpc) is 2.83. The summed E-state index contributed by atoms with van der Waals surface area (Å²) in [5.74, 6) is -0.513. The summed E-state index contributed by atoms with van der Waals surface area (Å²) in [6.45, 7) is 1.84. The molecule has 0 spiro atoms. The highest BCUT2D eigenvalue weighted by Crippen LogP contribution is 2.20. The van der Waals surface area contributed by atoms with Crippen LogP contribution in [0.1, 0.15) is 5.69 Å². The Labute approximate surface area is 138 Å². The van der Waals surface area contributed by atoms with Crippen LogP contribution in [-0.2, 0) is 0 Å². The van der Waals surface area contributed by atoms with Gasteiger partial charge in [0, 0.05) is 12.3 Å². The smallest absolute Gasteiger partial charge is 0.291 e. The third-order valence-corrected chi connectivity index (χ3v) is 2.18. The molecule has 0 aliphatic rings. The van der Waals surface area contributed by atoms with Crippen molar-refractivity contribution in [2.24, 2.45) is 16.5 Å². The van der Waals surface area contributed by atoms with Crippen molar-refractivity contribution < 1.29 is 25.0 Å². The molecular weight excluding hydrogens is 345 g/mol. The van der Waals surface area contributed by atoms with Crippen LogP contribution in [0.2, 0.25) is 0 Å². The number of benzene rings is 1. The van der Waals surface area contributed by atoms with Crippen molar-refractivity contribution in [2.45, 2.75) is 6.92 Å². The number of halogens is 1. The standard InChI is InChI=1S/C11H12FN5.2HNO3/c1-7-5-17(6-15-7)10-3-2-8(4-9(10)12)16-11(13)14;2*2-1(3)4/h2-6H,1H3,(H4,13,14,16);2*(H,2,3,4). The summed E-state index contributed by atoms with van der Waals surface area (Å²) in [4.78, 5) is 24.5. The fourth-order valence-corrected chi connectivity index (χ4v) is 1.48. The summed E-state index contributed by atoms with van der Waals surface area (Å²) in [6.07, 6.45) is 3.28. The molecule has 0 atom stereocenters. The largest absolute Gasteiger partial charge is 0.370 e. The second kappa shape index (κ2) is 9.93. The lowest BCUT2D eigenvalue weighted by atomic mass is 10.2. The van der Waals surface area contributed by atoms with E-state index in [0.717, 1.165) is 5.69 Å². The number of nitrogens with zero attached hydrogens (tertiary/aromatic N) is 5. The van der Waals surface area contributed by atoms with Gasteiger partial charge in [0.05, 0.1) is 23.4 Å². The maximum Gasteiger partial charge on any atom is 0.291 e. The van der Waals surface area contributed by atoms with E-state index in [-0.39, 0.29) is 5.96 Å². The molecule has 1 aromatic carbocycles. The predicted molar refractivity (Wildman–Crippen MR) is 81.3 cm³/mol. The Morgan fingerprint density at radius 3 is 2.16 bits per heavy atom. The van der Waals surface area contributed by atoms with E-state index in [2.05, 4.69) is 9.98 Å². The minimum Gasteiger partial charge on any atom is -0.370 e. The van der Waals surface area contributed by atoms with Gasteiger partial charge in [0.25, 0.3) is 10.2 Å². The molecule has 1 aromatic heterocycles. The normalized spacial score (nSPS) is 8.88. The summed E-state index contributed by atoms with van der Waals surface area (Å²) >= 11 is 0. The molecule has 136 valence electrons. The topological polar surface area (TPSA) is 209 Å². The lowest BCUT2D eigenvalue weighted by Crippen LogP contribution is -2.21. The van der Waals surface area contributed by atoms with Crippen molar-refractivity contribution in [3.8, 4) is 5.69 Å². The second-order valence-electron chi connectivity index (χ2n) is 4.07. The Kier molecular flexibility index (Phi) is 8.35. The SMILES string of the molecule is Cc1cn(-c2ccc(N=C(N)N)cc2F)cn1.O=[N+]([O-])O.O=[N+]([O-])O. The monoisotopic (exact) mass is 359 g/mol. The van der Waals surface area contributed by atoms with Gasteiger partial charge in [-0.25, -0.2) is 14.4 Å². The molecule has 0 bridgehead atoms. The average molecular weight is 359 g/mol. The van der Waals surface area contributed by atoms with Crippen molar-refractivity contribution in [1.82, 2.24) is 9.55 Å². The summed E-state index contributed by atoms with van der Waals surface area (Å²) < 4.78 is 15.4. The molecule has 14 heteroatoms. The number of guanidine groups is 1. The van der Waals surface area contributed by atoms with Gasteiger partial charge in [-0.15, -0.1) is 20.2 Å². The van der Waals surface area contributed by atoms with E-state index in [1.54, 1.807) is 29.2 Å². The van der Waals surface area contributed by atoms with Crippen molar-refractivity contribution in [3.05, 3.63) is 62.5 Å². The van der Waals surface area contributed by atoms with Gasteiger partial charge < -0.3 is 26.4 Å². The van der Waals surface area contributed by atoms with Crippen LogP contribution in [0, 0.1) is 33.0 Å². The maximum atomic E-state index is 13.8. The van der Waals surface area contributed by atoms with E-state index in [1.165, 1.54) is 6.07 Å². The number of aliphatic imine (C=N–C) groups is 1. The number of aromatic nitrogens is 2. The molecule has 0 fully saturated rings. The van der Waals surface area contributed by atoms with Gasteiger partial charge in [-0.05, 0) is 19.1 Å². The van der Waals surface area contributed by atoms with Crippen LogP contribution < -0.4 is 11.5 Å². The van der Waals surface area contributed by atoms with Gasteiger partial charge in [-0.2, -0.15) is 0 Å². The molecule has 2 rings (SSSR count). The van der Waals surface area contributed by atoms with Gasteiger partial charge in [-0.3, -0.25) is 0 Å². The molecule has 0 amide bonds. The highest BCUT2D eigenvalue weighted by Gasteiger charge is 2.05. The van der Waals surface area contributed by atoms with Gasteiger partial charge in [-0.1, -0.05) is 0 Å². The second-order valence-corrected chi connectivity index (χ2v) is 4.07. The first-order valence-corrected chi connectivity index (χ1v) is 6.09. The minimum atomic E-state index is -1.50. The Bertz CT molecular complexity index is 739. The summed E-state index contributed by atoms with van der Waals surface area (Å²) in [6, 6.07) is 4.50.